The summed E-state index contributed by atoms with van der Waals surface area (Å²) in [6.07, 6.45) is 10.7. The van der Waals surface area contributed by atoms with E-state index in [1.54, 1.807) is 7.11 Å². The molecule has 0 aliphatic heterocycles. The lowest BCUT2D eigenvalue weighted by molar-refractivity contribution is 0.0504. The van der Waals surface area contributed by atoms with Crippen molar-refractivity contribution in [2.75, 3.05) is 13.9 Å². The predicted octanol–water partition coefficient (Wildman–Crippen LogP) is 8.90. The van der Waals surface area contributed by atoms with Gasteiger partial charge in [0.25, 0.3) is 0 Å². The second-order valence-electron chi connectivity index (χ2n) is 7.24. The lowest BCUT2D eigenvalue weighted by Gasteiger charge is -2.26. The molecular weight excluding hydrogens is 400 g/mol. The molecule has 160 valence electrons. The second-order valence-corrected chi connectivity index (χ2v) is 8.10. The number of ether oxygens (including phenoxy) is 2. The highest BCUT2D eigenvalue weighted by Gasteiger charge is 2.21. The summed E-state index contributed by atoms with van der Waals surface area (Å²) < 4.78 is 11.5. The van der Waals surface area contributed by atoms with Gasteiger partial charge >= 0.3 is 0 Å². The van der Waals surface area contributed by atoms with Crippen LogP contribution in [0.2, 0.25) is 0 Å². The van der Waals surface area contributed by atoms with Crippen LogP contribution in [0.1, 0.15) is 105 Å². The minimum atomic E-state index is 0.182. The van der Waals surface area contributed by atoms with Crippen LogP contribution in [0, 0.1) is 0 Å². The van der Waals surface area contributed by atoms with Crippen molar-refractivity contribution >= 4 is 15.9 Å². The molecule has 0 saturated heterocycles. The average molecular weight is 446 g/mol. The Labute approximate surface area is 178 Å². The molecule has 0 aliphatic rings. The van der Waals surface area contributed by atoms with E-state index < -0.39 is 0 Å². The number of rotatable bonds is 11. The zero-order chi connectivity index (χ0) is 21.1. The van der Waals surface area contributed by atoms with E-state index in [1.807, 2.05) is 19.9 Å². The minimum absolute atomic E-state index is 0.182. The summed E-state index contributed by atoms with van der Waals surface area (Å²) in [5, 5.41) is 0. The molecule has 0 aromatic heterocycles. The highest BCUT2D eigenvalue weighted by Crippen LogP contribution is 2.34. The third-order valence-corrected chi connectivity index (χ3v) is 5.06. The highest BCUT2D eigenvalue weighted by molar-refractivity contribution is 9.10. The van der Waals surface area contributed by atoms with Crippen LogP contribution in [0.25, 0.3) is 0 Å². The molecule has 0 atom stereocenters. The van der Waals surface area contributed by atoms with Crippen LogP contribution in [0.5, 0.6) is 5.75 Å². The lowest BCUT2D eigenvalue weighted by atomic mass is 9.80. The van der Waals surface area contributed by atoms with Gasteiger partial charge < -0.3 is 9.47 Å². The van der Waals surface area contributed by atoms with Gasteiger partial charge in [-0.05, 0) is 45.5 Å². The fourth-order valence-corrected chi connectivity index (χ4v) is 2.96. The molecular formula is C24H45BrO2. The highest BCUT2D eigenvalue weighted by atomic mass is 79.9. The Hall–Kier alpha value is -0.540. The van der Waals surface area contributed by atoms with Crippen LogP contribution in [-0.4, -0.2) is 13.9 Å². The summed E-state index contributed by atoms with van der Waals surface area (Å²) in [4.78, 5) is 0. The number of methoxy groups -OCH3 is 1. The van der Waals surface area contributed by atoms with Gasteiger partial charge in [-0.3, -0.25) is 0 Å². The standard InChI is InChI=1S/C15H23BrO2.C7H16.C2H6/c1-5-6-9-15(2,3)12-7-8-13(16)14(10-12)18-11-17-4;1-3-5-7-6-4-2;1-2/h7-8,10H,5-6,9,11H2,1-4H3;3-7H2,1-2H3;1-2H3. The van der Waals surface area contributed by atoms with Gasteiger partial charge in [0.15, 0.2) is 6.79 Å². The molecule has 0 saturated carbocycles. The van der Waals surface area contributed by atoms with Gasteiger partial charge in [-0.2, -0.15) is 0 Å². The molecule has 0 heterocycles. The van der Waals surface area contributed by atoms with Gasteiger partial charge in [-0.1, -0.05) is 99.5 Å². The molecule has 0 fully saturated rings. The Morgan fingerprint density at radius 2 is 1.44 bits per heavy atom. The monoisotopic (exact) mass is 444 g/mol. The molecule has 0 bridgehead atoms. The Balaban J connectivity index is 0. The Kier molecular flexibility index (Phi) is 20.0. The van der Waals surface area contributed by atoms with Gasteiger partial charge in [-0.25, -0.2) is 0 Å². The van der Waals surface area contributed by atoms with Crippen molar-refractivity contribution in [3.63, 3.8) is 0 Å². The summed E-state index contributed by atoms with van der Waals surface area (Å²) in [6, 6.07) is 6.33. The average Bonchev–Trinajstić information content (AvgIpc) is 2.68. The number of benzene rings is 1. The van der Waals surface area contributed by atoms with E-state index in [0.29, 0.717) is 0 Å². The summed E-state index contributed by atoms with van der Waals surface area (Å²) in [5.74, 6) is 0.846. The van der Waals surface area contributed by atoms with E-state index in [0.717, 1.165) is 10.2 Å². The fourth-order valence-electron chi connectivity index (χ4n) is 2.60. The quantitative estimate of drug-likeness (QED) is 0.250. The number of hydrogen-bond donors (Lipinski definition) is 0. The number of unbranched alkanes of at least 4 members (excludes halogenated alkanes) is 5. The lowest BCUT2D eigenvalue weighted by Crippen LogP contribution is -2.17. The number of halogens is 1. The molecule has 0 aliphatic carbocycles. The number of hydrogen-bond acceptors (Lipinski definition) is 2. The van der Waals surface area contributed by atoms with Crippen LogP contribution in [-0.2, 0) is 10.2 Å². The smallest absolute Gasteiger partial charge is 0.188 e. The van der Waals surface area contributed by atoms with E-state index in [9.17, 15) is 0 Å². The van der Waals surface area contributed by atoms with Crippen LogP contribution in [0.3, 0.4) is 0 Å². The van der Waals surface area contributed by atoms with Crippen molar-refractivity contribution in [1.82, 2.24) is 0 Å². The first-order valence-electron chi connectivity index (χ1n) is 10.8. The molecule has 1 aromatic carbocycles. The van der Waals surface area contributed by atoms with Crippen molar-refractivity contribution in [3.05, 3.63) is 28.2 Å². The summed E-state index contributed by atoms with van der Waals surface area (Å²) >= 11 is 3.50. The molecule has 0 amide bonds. The topological polar surface area (TPSA) is 18.5 Å². The molecule has 0 spiro atoms. The zero-order valence-corrected chi connectivity index (χ0v) is 20.9. The van der Waals surface area contributed by atoms with E-state index in [4.69, 9.17) is 9.47 Å². The first kappa shape index (κ1) is 28.7. The van der Waals surface area contributed by atoms with Gasteiger partial charge in [0.1, 0.15) is 5.75 Å². The van der Waals surface area contributed by atoms with Gasteiger partial charge in [0, 0.05) is 7.11 Å². The largest absolute Gasteiger partial charge is 0.466 e. The SMILES string of the molecule is CC.CCCCC(C)(C)c1ccc(Br)c(OCOC)c1.CCCCCCC. The summed E-state index contributed by atoms with van der Waals surface area (Å²) in [7, 11) is 1.63. The maximum Gasteiger partial charge on any atom is 0.188 e. The van der Waals surface area contributed by atoms with Crippen molar-refractivity contribution in [2.24, 2.45) is 0 Å². The molecule has 3 heteroatoms. The van der Waals surface area contributed by atoms with E-state index in [1.165, 1.54) is 56.9 Å². The van der Waals surface area contributed by atoms with Gasteiger partial charge in [-0.15, -0.1) is 0 Å². The third kappa shape index (κ3) is 14.2. The maximum absolute atomic E-state index is 5.56. The van der Waals surface area contributed by atoms with Crippen LogP contribution < -0.4 is 4.74 Å². The first-order valence-corrected chi connectivity index (χ1v) is 11.6. The van der Waals surface area contributed by atoms with E-state index in [2.05, 4.69) is 62.7 Å². The normalized spacial score (nSPS) is 10.4. The minimum Gasteiger partial charge on any atom is -0.466 e. The first-order chi connectivity index (χ1) is 12.9. The molecule has 0 unspecified atom stereocenters. The molecule has 1 rings (SSSR count). The Bertz CT molecular complexity index is 440. The van der Waals surface area contributed by atoms with Crippen LogP contribution in [0.4, 0.5) is 0 Å². The van der Waals surface area contributed by atoms with Crippen molar-refractivity contribution < 1.29 is 9.47 Å². The molecule has 2 nitrogen and oxygen atoms in total. The molecule has 0 radical (unpaired) electrons. The van der Waals surface area contributed by atoms with Gasteiger partial charge in [0.2, 0.25) is 0 Å². The third-order valence-electron chi connectivity index (χ3n) is 4.41. The van der Waals surface area contributed by atoms with Crippen molar-refractivity contribution in [3.8, 4) is 5.75 Å². The van der Waals surface area contributed by atoms with E-state index in [-0.39, 0.29) is 12.2 Å². The van der Waals surface area contributed by atoms with Crippen molar-refractivity contribution in [2.45, 2.75) is 105 Å². The zero-order valence-electron chi connectivity index (χ0n) is 19.3. The molecule has 27 heavy (non-hydrogen) atoms. The Morgan fingerprint density at radius 3 is 1.93 bits per heavy atom. The molecule has 1 aromatic rings. The molecule has 0 N–H and O–H groups in total. The Morgan fingerprint density at radius 1 is 0.889 bits per heavy atom. The fraction of sp³-hybridized carbons (Fsp3) is 0.750. The summed E-state index contributed by atoms with van der Waals surface area (Å²) in [6.45, 7) is 15.6. The van der Waals surface area contributed by atoms with Crippen molar-refractivity contribution in [1.29, 1.82) is 0 Å². The van der Waals surface area contributed by atoms with Crippen LogP contribution >= 0.6 is 15.9 Å². The predicted molar refractivity (Wildman–Crippen MR) is 125 cm³/mol. The van der Waals surface area contributed by atoms with Crippen LogP contribution in [0.15, 0.2) is 22.7 Å². The second kappa shape index (κ2) is 18.8. The maximum atomic E-state index is 5.56. The summed E-state index contributed by atoms with van der Waals surface area (Å²) in [5.41, 5.74) is 1.49. The van der Waals surface area contributed by atoms with Gasteiger partial charge in [0.05, 0.1) is 4.47 Å². The van der Waals surface area contributed by atoms with E-state index >= 15 is 0 Å².